The maximum atomic E-state index is 13.9. The molecule has 57 heavy (non-hydrogen) atoms. The van der Waals surface area contributed by atoms with E-state index in [1.54, 1.807) is 54.6 Å². The Bertz CT molecular complexity index is 2350. The molecule has 3 aromatic carbocycles. The lowest BCUT2D eigenvalue weighted by atomic mass is 10.0. The second-order valence-electron chi connectivity index (χ2n) is 14.0. The summed E-state index contributed by atoms with van der Waals surface area (Å²) in [4.78, 5) is 63.7. The van der Waals surface area contributed by atoms with Gasteiger partial charge in [0.05, 0.1) is 23.1 Å². The maximum Gasteiger partial charge on any atom is 0.421 e. The lowest BCUT2D eigenvalue weighted by molar-refractivity contribution is -0.138. The van der Waals surface area contributed by atoms with Crippen molar-refractivity contribution in [2.75, 3.05) is 59.3 Å². The summed E-state index contributed by atoms with van der Waals surface area (Å²) in [6.07, 6.45) is -2.83. The van der Waals surface area contributed by atoms with Gasteiger partial charge >= 0.3 is 6.18 Å². The molecule has 4 heterocycles. The first-order chi connectivity index (χ1) is 27.0. The molecule has 7 rings (SSSR count). The SMILES string of the molecule is CN(c1cccc(CNc2nc(Nc3ccc(N4CCN(Cc5ccc6c(c5)C(=O)N(C5CCC(=O)NC5=O)C6=O)CC4)cc3)ncc2C(F)(F)F)c1)S(C)(=O)=O. The molecule has 4 amide bonds. The summed E-state index contributed by atoms with van der Waals surface area (Å²) < 4.78 is 66.6. The Hall–Kier alpha value is -6.08. The van der Waals surface area contributed by atoms with Gasteiger partial charge in [0, 0.05) is 70.3 Å². The molecule has 3 aliphatic heterocycles. The van der Waals surface area contributed by atoms with Crippen LogP contribution in [-0.2, 0) is 38.9 Å². The first kappa shape index (κ1) is 39.2. The molecule has 3 N–H and O–H groups in total. The van der Waals surface area contributed by atoms with Crippen LogP contribution in [0.3, 0.4) is 0 Å². The van der Waals surface area contributed by atoms with Crippen LogP contribution < -0.4 is 25.2 Å². The molecule has 0 bridgehead atoms. The first-order valence-electron chi connectivity index (χ1n) is 17.9. The molecule has 1 aromatic heterocycles. The zero-order valence-electron chi connectivity index (χ0n) is 30.8. The number of alkyl halides is 3. The molecular weight excluding hydrogens is 768 g/mol. The van der Waals surface area contributed by atoms with Crippen molar-refractivity contribution in [2.45, 2.75) is 38.1 Å². The molecule has 3 aliphatic rings. The number of piperazine rings is 1. The normalized spacial score (nSPS) is 17.7. The second-order valence-corrected chi connectivity index (χ2v) is 16.0. The molecule has 2 saturated heterocycles. The summed E-state index contributed by atoms with van der Waals surface area (Å²) in [6, 6.07) is 17.8. The van der Waals surface area contributed by atoms with Crippen LogP contribution in [-0.4, -0.2) is 97.3 Å². The Morgan fingerprint density at radius 3 is 2.32 bits per heavy atom. The lowest BCUT2D eigenvalue weighted by Crippen LogP contribution is -2.54. The molecule has 0 spiro atoms. The van der Waals surface area contributed by atoms with Crippen molar-refractivity contribution in [2.24, 2.45) is 0 Å². The van der Waals surface area contributed by atoms with E-state index in [1.165, 1.54) is 7.05 Å². The van der Waals surface area contributed by atoms with Crippen LogP contribution in [0.5, 0.6) is 0 Å². The van der Waals surface area contributed by atoms with Crippen molar-refractivity contribution in [1.29, 1.82) is 0 Å². The van der Waals surface area contributed by atoms with Crippen molar-refractivity contribution >= 4 is 62.5 Å². The summed E-state index contributed by atoms with van der Waals surface area (Å²) in [6.45, 7) is 3.29. The third-order valence-electron chi connectivity index (χ3n) is 10.1. The van der Waals surface area contributed by atoms with Crippen molar-refractivity contribution in [3.05, 3.63) is 101 Å². The van der Waals surface area contributed by atoms with Gasteiger partial charge in [-0.05, 0) is 66.1 Å². The number of nitrogens with zero attached hydrogens (tertiary/aromatic N) is 6. The molecule has 298 valence electrons. The molecule has 2 fully saturated rings. The average molecular weight is 806 g/mol. The van der Waals surface area contributed by atoms with Crippen LogP contribution in [0.1, 0.15) is 50.2 Å². The number of piperidine rings is 1. The number of fused-ring (bicyclic) bond motifs is 1. The van der Waals surface area contributed by atoms with Gasteiger partial charge in [-0.3, -0.25) is 38.6 Å². The predicted octanol–water partition coefficient (Wildman–Crippen LogP) is 3.97. The number of benzene rings is 3. The Balaban J connectivity index is 0.947. The molecule has 15 nitrogen and oxygen atoms in total. The number of rotatable bonds is 11. The van der Waals surface area contributed by atoms with E-state index in [4.69, 9.17) is 0 Å². The highest BCUT2D eigenvalue weighted by molar-refractivity contribution is 7.92. The first-order valence-corrected chi connectivity index (χ1v) is 19.8. The fourth-order valence-corrected chi connectivity index (χ4v) is 7.44. The van der Waals surface area contributed by atoms with E-state index in [9.17, 15) is 40.8 Å². The van der Waals surface area contributed by atoms with Crippen LogP contribution in [0.15, 0.2) is 72.9 Å². The predicted molar refractivity (Wildman–Crippen MR) is 204 cm³/mol. The fraction of sp³-hybridized carbons (Fsp3) is 0.316. The Morgan fingerprint density at radius 1 is 0.912 bits per heavy atom. The van der Waals surface area contributed by atoms with Gasteiger partial charge in [-0.25, -0.2) is 13.4 Å². The number of halogens is 3. The van der Waals surface area contributed by atoms with Gasteiger partial charge in [0.15, 0.2) is 0 Å². The number of hydrogen-bond acceptors (Lipinski definition) is 12. The molecule has 0 aliphatic carbocycles. The van der Waals surface area contributed by atoms with E-state index in [1.807, 2.05) is 12.1 Å². The van der Waals surface area contributed by atoms with Gasteiger partial charge in [-0.2, -0.15) is 18.2 Å². The average Bonchev–Trinajstić information content (AvgIpc) is 3.41. The third-order valence-corrected chi connectivity index (χ3v) is 11.3. The minimum Gasteiger partial charge on any atom is -0.369 e. The number of amides is 4. The van der Waals surface area contributed by atoms with Gasteiger partial charge in [0.1, 0.15) is 17.4 Å². The van der Waals surface area contributed by atoms with Crippen molar-refractivity contribution in [3.63, 3.8) is 0 Å². The van der Waals surface area contributed by atoms with E-state index in [2.05, 4.69) is 35.7 Å². The van der Waals surface area contributed by atoms with Crippen LogP contribution in [0, 0.1) is 0 Å². The number of anilines is 5. The molecule has 1 unspecified atom stereocenters. The third kappa shape index (κ3) is 8.53. The lowest BCUT2D eigenvalue weighted by Gasteiger charge is -2.36. The van der Waals surface area contributed by atoms with Gasteiger partial charge in [-0.1, -0.05) is 18.2 Å². The molecular formula is C38H38F3N9O6S. The van der Waals surface area contributed by atoms with Crippen molar-refractivity contribution in [1.82, 2.24) is 25.1 Å². The molecule has 1 atom stereocenters. The van der Waals surface area contributed by atoms with E-state index in [-0.39, 0.29) is 36.5 Å². The van der Waals surface area contributed by atoms with Crippen LogP contribution >= 0.6 is 0 Å². The Labute approximate surface area is 325 Å². The van der Waals surface area contributed by atoms with Gasteiger partial charge < -0.3 is 15.5 Å². The highest BCUT2D eigenvalue weighted by Crippen LogP contribution is 2.35. The molecule has 19 heteroatoms. The van der Waals surface area contributed by atoms with Gasteiger partial charge in [0.2, 0.25) is 27.8 Å². The maximum absolute atomic E-state index is 13.9. The summed E-state index contributed by atoms with van der Waals surface area (Å²) >= 11 is 0. The number of hydrogen-bond donors (Lipinski definition) is 3. The van der Waals surface area contributed by atoms with Crippen LogP contribution in [0.4, 0.5) is 42.0 Å². The van der Waals surface area contributed by atoms with Gasteiger partial charge in [0.25, 0.3) is 11.8 Å². The molecule has 0 radical (unpaired) electrons. The fourth-order valence-electron chi connectivity index (χ4n) is 6.95. The highest BCUT2D eigenvalue weighted by Gasteiger charge is 2.44. The number of carbonyl (C=O) groups is 4. The minimum atomic E-state index is -4.73. The second kappa shape index (κ2) is 15.5. The Morgan fingerprint density at radius 2 is 1.63 bits per heavy atom. The zero-order chi connectivity index (χ0) is 40.6. The van der Waals surface area contributed by atoms with Gasteiger partial charge in [-0.15, -0.1) is 0 Å². The standard InChI is InChI=1S/C38H38F3N9O6S/c1-47(57(2,55)56)27-5-3-4-23(18-27)20-42-33-30(38(39,40)41)21-43-37(46-33)44-25-7-9-26(10-8-25)49-16-14-48(15-17-49)22-24-6-11-28-29(19-24)36(54)50(35(28)53)31-12-13-32(51)45-34(31)52/h3-11,18-19,21,31H,12-17,20,22H2,1-2H3,(H,45,51,52)(H2,42,43,44,46). The minimum absolute atomic E-state index is 0.0501. The molecule has 0 saturated carbocycles. The van der Waals surface area contributed by atoms with Crippen LogP contribution in [0.25, 0.3) is 0 Å². The monoisotopic (exact) mass is 805 g/mol. The summed E-state index contributed by atoms with van der Waals surface area (Å²) in [5.41, 5.74) is 2.67. The summed E-state index contributed by atoms with van der Waals surface area (Å²) in [5.74, 6) is -2.67. The van der Waals surface area contributed by atoms with E-state index in [0.717, 1.165) is 26.7 Å². The van der Waals surface area contributed by atoms with E-state index < -0.39 is 57.3 Å². The zero-order valence-corrected chi connectivity index (χ0v) is 31.7. The highest BCUT2D eigenvalue weighted by atomic mass is 32.2. The Kier molecular flexibility index (Phi) is 10.6. The smallest absolute Gasteiger partial charge is 0.369 e. The number of nitrogens with one attached hydrogen (secondary N) is 3. The summed E-state index contributed by atoms with van der Waals surface area (Å²) in [7, 11) is -2.15. The topological polar surface area (TPSA) is 177 Å². The number of sulfonamides is 1. The van der Waals surface area contributed by atoms with Crippen LogP contribution in [0.2, 0.25) is 0 Å². The quantitative estimate of drug-likeness (QED) is 0.186. The number of carbonyl (C=O) groups excluding carboxylic acids is 4. The number of aromatic nitrogens is 2. The number of imide groups is 2. The molecule has 4 aromatic rings. The summed E-state index contributed by atoms with van der Waals surface area (Å²) in [5, 5.41) is 7.89. The van der Waals surface area contributed by atoms with E-state index in [0.29, 0.717) is 55.9 Å². The van der Waals surface area contributed by atoms with E-state index >= 15 is 0 Å². The largest absolute Gasteiger partial charge is 0.421 e. The van der Waals surface area contributed by atoms with Crippen molar-refractivity contribution in [3.8, 4) is 0 Å². The van der Waals surface area contributed by atoms with Crippen molar-refractivity contribution < 1.29 is 40.8 Å².